The highest BCUT2D eigenvalue weighted by Crippen LogP contribution is 2.26. The van der Waals surface area contributed by atoms with E-state index in [1.165, 1.54) is 6.08 Å². The van der Waals surface area contributed by atoms with Crippen LogP contribution in [0.4, 0.5) is 5.69 Å². The van der Waals surface area contributed by atoms with Crippen LogP contribution in [-0.4, -0.2) is 12.5 Å². The molecule has 5 heteroatoms. The van der Waals surface area contributed by atoms with Gasteiger partial charge in [-0.05, 0) is 43.3 Å². The Kier molecular flexibility index (Phi) is 5.95. The Balaban J connectivity index is 2.30. The van der Waals surface area contributed by atoms with Gasteiger partial charge in [0.15, 0.2) is 0 Å². The topological polar surface area (TPSA) is 62.1 Å². The number of benzene rings is 2. The van der Waals surface area contributed by atoms with Crippen LogP contribution in [0, 0.1) is 11.3 Å². The maximum atomic E-state index is 12.2. The van der Waals surface area contributed by atoms with Crippen molar-refractivity contribution < 1.29 is 9.53 Å². The molecule has 0 aromatic heterocycles. The molecule has 0 aliphatic rings. The van der Waals surface area contributed by atoms with E-state index >= 15 is 0 Å². The highest BCUT2D eigenvalue weighted by Gasteiger charge is 2.11. The number of hydrogen-bond donors (Lipinski definition) is 1. The first kappa shape index (κ1) is 16.8. The fourth-order valence-corrected chi connectivity index (χ4v) is 2.32. The smallest absolute Gasteiger partial charge is 0.266 e. The molecule has 2 aromatic rings. The van der Waals surface area contributed by atoms with Crippen molar-refractivity contribution in [1.82, 2.24) is 0 Å². The monoisotopic (exact) mass is 370 g/mol. The van der Waals surface area contributed by atoms with Crippen molar-refractivity contribution in [1.29, 1.82) is 5.26 Å². The molecule has 0 bridgehead atoms. The van der Waals surface area contributed by atoms with Crippen molar-refractivity contribution in [3.8, 4) is 11.8 Å². The highest BCUT2D eigenvalue weighted by atomic mass is 79.9. The molecule has 0 aliphatic carbocycles. The van der Waals surface area contributed by atoms with Crippen LogP contribution in [0.15, 0.2) is 58.6 Å². The summed E-state index contributed by atoms with van der Waals surface area (Å²) >= 11 is 3.38. The molecular formula is C18H15BrN2O2. The fraction of sp³-hybridized carbons (Fsp3) is 0.111. The predicted octanol–water partition coefficient (Wildman–Crippen LogP) is 4.39. The SMILES string of the molecule is CCOc1ccc(Br)cc1/C=C(\C#N)C(=O)Nc1ccccc1. The van der Waals surface area contributed by atoms with Gasteiger partial charge in [0.25, 0.3) is 5.91 Å². The van der Waals surface area contributed by atoms with Crippen LogP contribution in [0.2, 0.25) is 0 Å². The van der Waals surface area contributed by atoms with E-state index in [1.54, 1.807) is 24.3 Å². The van der Waals surface area contributed by atoms with Crippen LogP contribution in [-0.2, 0) is 4.79 Å². The number of ether oxygens (including phenoxy) is 1. The Hall–Kier alpha value is -2.58. The summed E-state index contributed by atoms with van der Waals surface area (Å²) in [5.41, 5.74) is 1.31. The summed E-state index contributed by atoms with van der Waals surface area (Å²) in [5.74, 6) is 0.164. The zero-order chi connectivity index (χ0) is 16.7. The second-order valence-electron chi connectivity index (χ2n) is 4.61. The van der Waals surface area contributed by atoms with E-state index < -0.39 is 5.91 Å². The summed E-state index contributed by atoms with van der Waals surface area (Å²) < 4.78 is 6.37. The molecule has 0 saturated heterocycles. The Morgan fingerprint density at radius 2 is 2.04 bits per heavy atom. The highest BCUT2D eigenvalue weighted by molar-refractivity contribution is 9.10. The molecule has 0 heterocycles. The van der Waals surface area contributed by atoms with Gasteiger partial charge in [0.05, 0.1) is 6.61 Å². The van der Waals surface area contributed by atoms with E-state index in [-0.39, 0.29) is 5.57 Å². The third-order valence-electron chi connectivity index (χ3n) is 2.97. The second-order valence-corrected chi connectivity index (χ2v) is 5.52. The molecule has 1 N–H and O–H groups in total. The van der Waals surface area contributed by atoms with Crippen molar-refractivity contribution in [3.05, 3.63) is 64.1 Å². The van der Waals surface area contributed by atoms with Gasteiger partial charge in [-0.3, -0.25) is 4.79 Å². The van der Waals surface area contributed by atoms with Crippen molar-refractivity contribution in [2.45, 2.75) is 6.92 Å². The average Bonchev–Trinajstić information content (AvgIpc) is 2.55. The molecule has 23 heavy (non-hydrogen) atoms. The number of nitriles is 1. The molecule has 0 saturated carbocycles. The van der Waals surface area contributed by atoms with Crippen LogP contribution in [0.5, 0.6) is 5.75 Å². The number of carbonyl (C=O) groups excluding carboxylic acids is 1. The lowest BCUT2D eigenvalue weighted by Gasteiger charge is -2.08. The molecule has 2 rings (SSSR count). The van der Waals surface area contributed by atoms with Crippen LogP contribution in [0.3, 0.4) is 0 Å². The molecule has 4 nitrogen and oxygen atoms in total. The summed E-state index contributed by atoms with van der Waals surface area (Å²) in [4.78, 5) is 12.2. The minimum Gasteiger partial charge on any atom is -0.493 e. The number of carbonyl (C=O) groups is 1. The van der Waals surface area contributed by atoms with Gasteiger partial charge in [-0.15, -0.1) is 0 Å². The van der Waals surface area contributed by atoms with E-state index in [1.807, 2.05) is 37.3 Å². The number of hydrogen-bond acceptors (Lipinski definition) is 3. The number of amides is 1. The zero-order valence-electron chi connectivity index (χ0n) is 12.5. The van der Waals surface area contributed by atoms with Gasteiger partial charge in [0.1, 0.15) is 17.4 Å². The van der Waals surface area contributed by atoms with E-state index in [2.05, 4.69) is 21.2 Å². The second kappa shape index (κ2) is 8.16. The molecule has 0 spiro atoms. The van der Waals surface area contributed by atoms with Crippen molar-refractivity contribution in [3.63, 3.8) is 0 Å². The number of anilines is 1. The Labute approximate surface area is 143 Å². The summed E-state index contributed by atoms with van der Waals surface area (Å²) in [6.45, 7) is 2.38. The minimum atomic E-state index is -0.457. The van der Waals surface area contributed by atoms with Gasteiger partial charge in [-0.1, -0.05) is 34.1 Å². The molecule has 0 fully saturated rings. The first-order valence-corrected chi connectivity index (χ1v) is 7.84. The lowest BCUT2D eigenvalue weighted by Crippen LogP contribution is -2.13. The van der Waals surface area contributed by atoms with Gasteiger partial charge in [0.2, 0.25) is 0 Å². The van der Waals surface area contributed by atoms with Gasteiger partial charge >= 0.3 is 0 Å². The maximum absolute atomic E-state index is 12.2. The maximum Gasteiger partial charge on any atom is 0.266 e. The largest absolute Gasteiger partial charge is 0.493 e. The molecule has 116 valence electrons. The standard InChI is InChI=1S/C18H15BrN2O2/c1-2-23-17-9-8-15(19)11-13(17)10-14(12-20)18(22)21-16-6-4-3-5-7-16/h3-11H,2H2,1H3,(H,21,22)/b14-10+. The molecule has 0 radical (unpaired) electrons. The van der Waals surface area contributed by atoms with Crippen LogP contribution in [0.25, 0.3) is 6.08 Å². The van der Waals surface area contributed by atoms with E-state index in [9.17, 15) is 10.1 Å². The number of para-hydroxylation sites is 1. The Bertz CT molecular complexity index is 764. The number of halogens is 1. The van der Waals surface area contributed by atoms with Crippen LogP contribution in [0.1, 0.15) is 12.5 Å². The predicted molar refractivity (Wildman–Crippen MR) is 94.0 cm³/mol. The van der Waals surface area contributed by atoms with Crippen molar-refractivity contribution in [2.75, 3.05) is 11.9 Å². The molecule has 0 atom stereocenters. The third kappa shape index (κ3) is 4.70. The minimum absolute atomic E-state index is 0.00732. The quantitative estimate of drug-likeness (QED) is 0.626. The normalized spacial score (nSPS) is 10.7. The molecular weight excluding hydrogens is 356 g/mol. The van der Waals surface area contributed by atoms with Gasteiger partial charge in [0, 0.05) is 15.7 Å². The van der Waals surface area contributed by atoms with Gasteiger partial charge in [-0.2, -0.15) is 5.26 Å². The number of nitrogens with zero attached hydrogens (tertiary/aromatic N) is 1. The molecule has 2 aromatic carbocycles. The fourth-order valence-electron chi connectivity index (χ4n) is 1.94. The summed E-state index contributed by atoms with van der Waals surface area (Å²) in [6, 6.07) is 16.4. The lowest BCUT2D eigenvalue weighted by atomic mass is 10.1. The Morgan fingerprint density at radius 1 is 1.30 bits per heavy atom. The third-order valence-corrected chi connectivity index (χ3v) is 3.46. The number of nitrogens with one attached hydrogen (secondary N) is 1. The lowest BCUT2D eigenvalue weighted by molar-refractivity contribution is -0.112. The van der Waals surface area contributed by atoms with E-state index in [0.29, 0.717) is 23.6 Å². The first-order chi connectivity index (χ1) is 11.1. The van der Waals surface area contributed by atoms with Crippen LogP contribution >= 0.6 is 15.9 Å². The Morgan fingerprint density at radius 3 is 2.70 bits per heavy atom. The van der Waals surface area contributed by atoms with Crippen molar-refractivity contribution in [2.24, 2.45) is 0 Å². The summed E-state index contributed by atoms with van der Waals surface area (Å²) in [6.07, 6.45) is 1.52. The summed E-state index contributed by atoms with van der Waals surface area (Å²) in [7, 11) is 0. The average molecular weight is 371 g/mol. The van der Waals surface area contributed by atoms with Gasteiger partial charge in [-0.25, -0.2) is 0 Å². The van der Waals surface area contributed by atoms with E-state index in [0.717, 1.165) is 4.47 Å². The zero-order valence-corrected chi connectivity index (χ0v) is 14.1. The van der Waals surface area contributed by atoms with Gasteiger partial charge < -0.3 is 10.1 Å². The summed E-state index contributed by atoms with van der Waals surface area (Å²) in [5, 5.41) is 12.0. The molecule has 0 aliphatic heterocycles. The molecule has 0 unspecified atom stereocenters. The number of rotatable bonds is 5. The molecule has 1 amide bonds. The first-order valence-electron chi connectivity index (χ1n) is 7.04. The van der Waals surface area contributed by atoms with E-state index in [4.69, 9.17) is 4.74 Å². The van der Waals surface area contributed by atoms with Crippen molar-refractivity contribution >= 4 is 33.6 Å². The van der Waals surface area contributed by atoms with Crippen LogP contribution < -0.4 is 10.1 Å².